The van der Waals surface area contributed by atoms with E-state index in [0.717, 1.165) is 0 Å². The standard InChI is InChI=1S/C9H10F4O6S/c10-8(11,9(12,13)20(16)17)3-4-18-7(15)5-1-2-6(14)19-5/h5H,1-4H2,(H,16,17). The van der Waals surface area contributed by atoms with Crippen molar-refractivity contribution < 1.29 is 45.4 Å². The second kappa shape index (κ2) is 6.04. The first-order valence-corrected chi connectivity index (χ1v) is 6.41. The van der Waals surface area contributed by atoms with Gasteiger partial charge in [-0.2, -0.15) is 17.6 Å². The van der Waals surface area contributed by atoms with E-state index >= 15 is 0 Å². The summed E-state index contributed by atoms with van der Waals surface area (Å²) in [5.41, 5.74) is 0. The third kappa shape index (κ3) is 3.66. The molecule has 1 rings (SSSR count). The van der Waals surface area contributed by atoms with Gasteiger partial charge in [0.15, 0.2) is 6.10 Å². The fraction of sp³-hybridized carbons (Fsp3) is 0.778. The molecule has 6 nitrogen and oxygen atoms in total. The Balaban J connectivity index is 2.45. The van der Waals surface area contributed by atoms with Crippen LogP contribution in [0.15, 0.2) is 0 Å². The van der Waals surface area contributed by atoms with Gasteiger partial charge in [-0.15, -0.1) is 0 Å². The molecule has 1 fully saturated rings. The van der Waals surface area contributed by atoms with Crippen molar-refractivity contribution in [3.63, 3.8) is 0 Å². The maximum Gasteiger partial charge on any atom is 0.406 e. The van der Waals surface area contributed by atoms with E-state index in [1.165, 1.54) is 0 Å². The zero-order valence-corrected chi connectivity index (χ0v) is 10.6. The molecule has 1 heterocycles. The van der Waals surface area contributed by atoms with Gasteiger partial charge in [-0.05, 0) is 0 Å². The fourth-order valence-corrected chi connectivity index (χ4v) is 1.69. The van der Waals surface area contributed by atoms with Gasteiger partial charge < -0.3 is 14.0 Å². The number of carbonyl (C=O) groups is 2. The normalized spacial score (nSPS) is 21.4. The van der Waals surface area contributed by atoms with Crippen molar-refractivity contribution in [3.8, 4) is 0 Å². The quantitative estimate of drug-likeness (QED) is 0.447. The van der Waals surface area contributed by atoms with E-state index < -0.39 is 53.3 Å². The van der Waals surface area contributed by atoms with E-state index in [9.17, 15) is 31.4 Å². The summed E-state index contributed by atoms with van der Waals surface area (Å²) in [4.78, 5) is 21.9. The second-order valence-corrected chi connectivity index (χ2v) is 4.92. The number of cyclic esters (lactones) is 1. The van der Waals surface area contributed by atoms with Crippen molar-refractivity contribution in [1.82, 2.24) is 0 Å². The van der Waals surface area contributed by atoms with Gasteiger partial charge in [-0.3, -0.25) is 4.79 Å². The molecule has 0 aromatic carbocycles. The van der Waals surface area contributed by atoms with Crippen LogP contribution in [0.25, 0.3) is 0 Å². The lowest BCUT2D eigenvalue weighted by atomic mass is 10.2. The Morgan fingerprint density at radius 1 is 1.45 bits per heavy atom. The second-order valence-electron chi connectivity index (χ2n) is 3.91. The first-order valence-electron chi connectivity index (χ1n) is 5.30. The first-order chi connectivity index (χ1) is 9.08. The van der Waals surface area contributed by atoms with Gasteiger partial charge in [0.25, 0.3) is 0 Å². The summed E-state index contributed by atoms with van der Waals surface area (Å²) in [6.45, 7) is -1.10. The van der Waals surface area contributed by atoms with E-state index in [-0.39, 0.29) is 12.8 Å². The maximum absolute atomic E-state index is 13.0. The number of esters is 2. The van der Waals surface area contributed by atoms with Crippen LogP contribution in [0.5, 0.6) is 0 Å². The molecule has 2 atom stereocenters. The van der Waals surface area contributed by atoms with Crippen LogP contribution in [0.2, 0.25) is 0 Å². The van der Waals surface area contributed by atoms with Crippen molar-refractivity contribution in [2.45, 2.75) is 36.5 Å². The number of alkyl halides is 4. The third-order valence-electron chi connectivity index (χ3n) is 2.45. The van der Waals surface area contributed by atoms with Crippen molar-refractivity contribution in [2.24, 2.45) is 0 Å². The van der Waals surface area contributed by atoms with Crippen LogP contribution in [0.3, 0.4) is 0 Å². The van der Waals surface area contributed by atoms with Gasteiger partial charge in [0.2, 0.25) is 11.1 Å². The summed E-state index contributed by atoms with van der Waals surface area (Å²) in [6.07, 6.45) is -2.88. The summed E-state index contributed by atoms with van der Waals surface area (Å²) < 4.78 is 78.3. The predicted molar refractivity (Wildman–Crippen MR) is 55.4 cm³/mol. The van der Waals surface area contributed by atoms with E-state index in [2.05, 4.69) is 9.47 Å². The summed E-state index contributed by atoms with van der Waals surface area (Å²) in [5, 5.41) is -5.15. The lowest BCUT2D eigenvalue weighted by molar-refractivity contribution is -0.177. The zero-order chi connectivity index (χ0) is 15.6. The van der Waals surface area contributed by atoms with Crippen LogP contribution < -0.4 is 0 Å². The predicted octanol–water partition coefficient (Wildman–Crippen LogP) is 1.08. The Kier molecular flexibility index (Phi) is 5.08. The van der Waals surface area contributed by atoms with Crippen LogP contribution in [0, 0.1) is 0 Å². The Labute approximate surface area is 112 Å². The van der Waals surface area contributed by atoms with Gasteiger partial charge >= 0.3 is 23.1 Å². The Hall–Kier alpha value is -1.23. The molecule has 1 saturated heterocycles. The molecule has 0 amide bonds. The maximum atomic E-state index is 13.0. The lowest BCUT2D eigenvalue weighted by Crippen LogP contribution is -2.44. The summed E-state index contributed by atoms with van der Waals surface area (Å²) in [5.74, 6) is -6.60. The Bertz CT molecular complexity index is 427. The third-order valence-corrected chi connectivity index (χ3v) is 3.19. The van der Waals surface area contributed by atoms with Crippen LogP contribution >= 0.6 is 0 Å². The van der Waals surface area contributed by atoms with Crippen LogP contribution in [-0.2, 0) is 30.1 Å². The monoisotopic (exact) mass is 322 g/mol. The summed E-state index contributed by atoms with van der Waals surface area (Å²) in [7, 11) is 0. The molecule has 1 aliphatic heterocycles. The smallest absolute Gasteiger partial charge is 0.406 e. The molecule has 0 aromatic heterocycles. The molecule has 116 valence electrons. The molecule has 1 N–H and O–H groups in total. The van der Waals surface area contributed by atoms with Crippen molar-refractivity contribution in [2.75, 3.05) is 6.61 Å². The Morgan fingerprint density at radius 3 is 2.50 bits per heavy atom. The minimum Gasteiger partial charge on any atom is -0.463 e. The highest BCUT2D eigenvalue weighted by atomic mass is 32.2. The molecular formula is C9H10F4O6S. The number of hydrogen-bond donors (Lipinski definition) is 1. The van der Waals surface area contributed by atoms with Gasteiger partial charge in [-0.1, -0.05) is 0 Å². The highest BCUT2D eigenvalue weighted by Crippen LogP contribution is 2.38. The number of ether oxygens (including phenoxy) is 2. The molecule has 20 heavy (non-hydrogen) atoms. The van der Waals surface area contributed by atoms with Crippen LogP contribution in [0.1, 0.15) is 19.3 Å². The minimum atomic E-state index is -5.15. The first kappa shape index (κ1) is 16.8. The molecule has 0 aliphatic carbocycles. The molecule has 2 unspecified atom stereocenters. The molecule has 0 spiro atoms. The molecule has 0 radical (unpaired) electrons. The molecule has 11 heteroatoms. The average molecular weight is 322 g/mol. The molecule has 0 bridgehead atoms. The van der Waals surface area contributed by atoms with Crippen LogP contribution in [-0.4, -0.2) is 44.6 Å². The van der Waals surface area contributed by atoms with Gasteiger partial charge in [0.1, 0.15) is 0 Å². The average Bonchev–Trinajstić information content (AvgIpc) is 2.75. The van der Waals surface area contributed by atoms with Crippen molar-refractivity contribution >= 4 is 23.0 Å². The fourth-order valence-electron chi connectivity index (χ4n) is 1.34. The number of rotatable bonds is 6. The summed E-state index contributed by atoms with van der Waals surface area (Å²) in [6, 6.07) is 0. The van der Waals surface area contributed by atoms with Crippen molar-refractivity contribution in [1.29, 1.82) is 0 Å². The highest BCUT2D eigenvalue weighted by molar-refractivity contribution is 7.80. The lowest BCUT2D eigenvalue weighted by Gasteiger charge is -2.23. The largest absolute Gasteiger partial charge is 0.463 e. The van der Waals surface area contributed by atoms with Crippen molar-refractivity contribution in [3.05, 3.63) is 0 Å². The zero-order valence-electron chi connectivity index (χ0n) is 9.81. The van der Waals surface area contributed by atoms with E-state index in [1.807, 2.05) is 0 Å². The topological polar surface area (TPSA) is 89.9 Å². The summed E-state index contributed by atoms with van der Waals surface area (Å²) >= 11 is -4.06. The Morgan fingerprint density at radius 2 is 2.05 bits per heavy atom. The van der Waals surface area contributed by atoms with Gasteiger partial charge in [0.05, 0.1) is 13.0 Å². The molecule has 0 aromatic rings. The molecule has 1 aliphatic rings. The van der Waals surface area contributed by atoms with Gasteiger partial charge in [0, 0.05) is 12.8 Å². The number of halogens is 4. The number of hydrogen-bond acceptors (Lipinski definition) is 5. The van der Waals surface area contributed by atoms with E-state index in [4.69, 9.17) is 4.55 Å². The number of carbonyl (C=O) groups excluding carboxylic acids is 2. The minimum absolute atomic E-state index is 0.0187. The molecular weight excluding hydrogens is 312 g/mol. The van der Waals surface area contributed by atoms with Gasteiger partial charge in [-0.25, -0.2) is 9.00 Å². The van der Waals surface area contributed by atoms with E-state index in [0.29, 0.717) is 0 Å². The molecule has 0 saturated carbocycles. The van der Waals surface area contributed by atoms with E-state index in [1.54, 1.807) is 0 Å². The van der Waals surface area contributed by atoms with Crippen LogP contribution in [0.4, 0.5) is 17.6 Å². The highest BCUT2D eigenvalue weighted by Gasteiger charge is 2.61. The SMILES string of the molecule is O=C1CCC(C(=O)OCCC(F)(F)C(F)(F)S(=O)O)O1.